The Kier molecular flexibility index (Phi) is 5.37. The van der Waals surface area contributed by atoms with Gasteiger partial charge in [-0.2, -0.15) is 0 Å². The van der Waals surface area contributed by atoms with Crippen molar-refractivity contribution in [2.75, 3.05) is 0 Å². The minimum absolute atomic E-state index is 0.631. The molecule has 7 aromatic rings. The summed E-state index contributed by atoms with van der Waals surface area (Å²) in [5.41, 5.74) is 10.2. The number of pyridine rings is 2. The second-order valence-electron chi connectivity index (χ2n) is 9.03. The Morgan fingerprint density at radius 2 is 1.08 bits per heavy atom. The van der Waals surface area contributed by atoms with Crippen LogP contribution in [0.3, 0.4) is 0 Å². The van der Waals surface area contributed by atoms with Gasteiger partial charge in [-0.25, -0.2) is 4.98 Å². The molecule has 0 saturated carbocycles. The maximum atomic E-state index is 5.93. The van der Waals surface area contributed by atoms with Crippen LogP contribution in [-0.2, 0) is 0 Å². The van der Waals surface area contributed by atoms with Crippen LogP contribution in [0.15, 0.2) is 138 Å². The van der Waals surface area contributed by atoms with Crippen molar-refractivity contribution in [3.05, 3.63) is 134 Å². The highest BCUT2D eigenvalue weighted by molar-refractivity contribution is 5.77. The Bertz CT molecular complexity index is 1750. The molecule has 4 heterocycles. The quantitative estimate of drug-likeness (QED) is 0.245. The summed E-state index contributed by atoms with van der Waals surface area (Å²) in [5, 5.41) is 0. The van der Waals surface area contributed by atoms with Crippen LogP contribution >= 0.6 is 0 Å². The van der Waals surface area contributed by atoms with Crippen molar-refractivity contribution < 1.29 is 4.42 Å². The van der Waals surface area contributed by atoms with Gasteiger partial charge in [0.1, 0.15) is 5.52 Å². The van der Waals surface area contributed by atoms with Crippen LogP contribution in [0.1, 0.15) is 0 Å². The molecule has 38 heavy (non-hydrogen) atoms. The van der Waals surface area contributed by atoms with E-state index in [1.807, 2.05) is 48.8 Å². The van der Waals surface area contributed by atoms with Gasteiger partial charge in [-0.3, -0.25) is 9.97 Å². The summed E-state index contributed by atoms with van der Waals surface area (Å²) in [7, 11) is 0. The van der Waals surface area contributed by atoms with Gasteiger partial charge in [0.25, 0.3) is 0 Å². The Balaban J connectivity index is 1.24. The molecule has 0 atom stereocenters. The average Bonchev–Trinajstić information content (AvgIpc) is 3.64. The van der Waals surface area contributed by atoms with Gasteiger partial charge in [0.2, 0.25) is 5.89 Å². The van der Waals surface area contributed by atoms with Crippen LogP contribution in [0.4, 0.5) is 0 Å². The largest absolute Gasteiger partial charge is 0.436 e. The summed E-state index contributed by atoms with van der Waals surface area (Å²) >= 11 is 0. The van der Waals surface area contributed by atoms with E-state index in [0.717, 1.165) is 56.0 Å². The first-order valence-corrected chi connectivity index (χ1v) is 12.4. The molecule has 5 heteroatoms. The molecule has 0 aliphatic heterocycles. The zero-order valence-corrected chi connectivity index (χ0v) is 20.4. The van der Waals surface area contributed by atoms with E-state index in [9.17, 15) is 0 Å². The number of hydrogen-bond donors (Lipinski definition) is 0. The zero-order chi connectivity index (χ0) is 25.3. The van der Waals surface area contributed by atoms with Crippen LogP contribution in [0, 0.1) is 0 Å². The molecule has 0 spiro atoms. The summed E-state index contributed by atoms with van der Waals surface area (Å²) in [6.45, 7) is 0. The Labute approximate surface area is 219 Å². The van der Waals surface area contributed by atoms with E-state index in [0.29, 0.717) is 5.89 Å². The van der Waals surface area contributed by atoms with Gasteiger partial charge in [-0.15, -0.1) is 0 Å². The first kappa shape index (κ1) is 21.9. The normalized spacial score (nSPS) is 11.2. The van der Waals surface area contributed by atoms with Crippen LogP contribution in [-0.4, -0.2) is 19.5 Å². The molecule has 0 fully saturated rings. The molecule has 0 N–H and O–H groups in total. The van der Waals surface area contributed by atoms with Crippen LogP contribution in [0.25, 0.3) is 61.9 Å². The lowest BCUT2D eigenvalue weighted by molar-refractivity contribution is 0.620. The molecular formula is C33H22N4O. The number of benzene rings is 3. The number of hydrogen-bond acceptors (Lipinski definition) is 4. The lowest BCUT2D eigenvalue weighted by Crippen LogP contribution is -1.99. The fourth-order valence-electron chi connectivity index (χ4n) is 4.80. The minimum atomic E-state index is 0.631. The number of oxazole rings is 1. The topological polar surface area (TPSA) is 56.7 Å². The second-order valence-corrected chi connectivity index (χ2v) is 9.03. The Morgan fingerprint density at radius 3 is 1.66 bits per heavy atom. The summed E-state index contributed by atoms with van der Waals surface area (Å²) in [6, 6.07) is 37.1. The van der Waals surface area contributed by atoms with E-state index >= 15 is 0 Å². The van der Waals surface area contributed by atoms with Gasteiger partial charge in [-0.1, -0.05) is 36.4 Å². The zero-order valence-electron chi connectivity index (χ0n) is 20.4. The monoisotopic (exact) mass is 490 g/mol. The van der Waals surface area contributed by atoms with E-state index in [1.165, 1.54) is 0 Å². The molecule has 5 nitrogen and oxygen atoms in total. The van der Waals surface area contributed by atoms with E-state index < -0.39 is 0 Å². The molecule has 0 radical (unpaired) electrons. The SMILES string of the molecule is c1cncc(-c2ccc(-c3cccnc3)n2-c2ccc(-c3ccc(-c4nc5ccccc5o4)cc3)cc2)c1. The molecule has 0 aliphatic rings. The molecule has 7 rings (SSSR count). The predicted octanol–water partition coefficient (Wildman–Crippen LogP) is 8.08. The van der Waals surface area contributed by atoms with Crippen LogP contribution in [0.5, 0.6) is 0 Å². The van der Waals surface area contributed by atoms with Gasteiger partial charge in [0.15, 0.2) is 5.58 Å². The van der Waals surface area contributed by atoms with Crippen molar-refractivity contribution >= 4 is 11.1 Å². The summed E-state index contributed by atoms with van der Waals surface area (Å²) in [6.07, 6.45) is 7.38. The molecule has 3 aromatic carbocycles. The Morgan fingerprint density at radius 1 is 0.500 bits per heavy atom. The van der Waals surface area contributed by atoms with Crippen molar-refractivity contribution in [3.63, 3.8) is 0 Å². The van der Waals surface area contributed by atoms with Crippen molar-refractivity contribution in [2.24, 2.45) is 0 Å². The maximum absolute atomic E-state index is 5.93. The van der Waals surface area contributed by atoms with Crippen LogP contribution < -0.4 is 0 Å². The summed E-state index contributed by atoms with van der Waals surface area (Å²) in [4.78, 5) is 13.3. The maximum Gasteiger partial charge on any atom is 0.227 e. The molecule has 0 saturated heterocycles. The molecule has 0 unspecified atom stereocenters. The lowest BCUT2D eigenvalue weighted by atomic mass is 10.0. The lowest BCUT2D eigenvalue weighted by Gasteiger charge is -2.15. The molecule has 180 valence electrons. The Hall–Kier alpha value is -5.29. The van der Waals surface area contributed by atoms with Crippen molar-refractivity contribution in [1.82, 2.24) is 19.5 Å². The number of para-hydroxylation sites is 2. The predicted molar refractivity (Wildman–Crippen MR) is 151 cm³/mol. The average molecular weight is 491 g/mol. The number of fused-ring (bicyclic) bond motifs is 1. The third-order valence-electron chi connectivity index (χ3n) is 6.68. The van der Waals surface area contributed by atoms with E-state index in [4.69, 9.17) is 4.42 Å². The number of aromatic nitrogens is 4. The van der Waals surface area contributed by atoms with Gasteiger partial charge < -0.3 is 8.98 Å². The number of rotatable bonds is 5. The van der Waals surface area contributed by atoms with E-state index in [1.54, 1.807) is 12.4 Å². The summed E-state index contributed by atoms with van der Waals surface area (Å²) in [5.74, 6) is 0.631. The summed E-state index contributed by atoms with van der Waals surface area (Å²) < 4.78 is 8.19. The second kappa shape index (κ2) is 9.30. The molecule has 0 amide bonds. The highest BCUT2D eigenvalue weighted by Crippen LogP contribution is 2.33. The van der Waals surface area contributed by atoms with Gasteiger partial charge in [-0.05, 0) is 83.9 Å². The minimum Gasteiger partial charge on any atom is -0.436 e. The first-order chi connectivity index (χ1) is 18.8. The standard InChI is InChI=1S/C33H22N4O/c1-2-8-32-29(7-1)36-33(38-32)25-11-9-23(10-12-25)24-13-15-28(16-14-24)37-30(26-5-3-19-34-21-26)17-18-31(37)27-6-4-20-35-22-27/h1-22H. The molecule has 4 aromatic heterocycles. The number of nitrogens with zero attached hydrogens (tertiary/aromatic N) is 4. The molecule has 0 aliphatic carbocycles. The smallest absolute Gasteiger partial charge is 0.227 e. The fourth-order valence-corrected chi connectivity index (χ4v) is 4.80. The molecule has 0 bridgehead atoms. The van der Waals surface area contributed by atoms with Gasteiger partial charge in [0.05, 0.1) is 11.4 Å². The fraction of sp³-hybridized carbons (Fsp3) is 0. The van der Waals surface area contributed by atoms with Crippen molar-refractivity contribution in [3.8, 4) is 50.8 Å². The third-order valence-corrected chi connectivity index (χ3v) is 6.68. The van der Waals surface area contributed by atoms with Gasteiger partial charge >= 0.3 is 0 Å². The van der Waals surface area contributed by atoms with Crippen molar-refractivity contribution in [1.29, 1.82) is 0 Å². The van der Waals surface area contributed by atoms with E-state index in [2.05, 4.69) is 92.3 Å². The van der Waals surface area contributed by atoms with Crippen molar-refractivity contribution in [2.45, 2.75) is 0 Å². The molecular weight excluding hydrogens is 468 g/mol. The van der Waals surface area contributed by atoms with Gasteiger partial charge in [0, 0.05) is 47.2 Å². The highest BCUT2D eigenvalue weighted by Gasteiger charge is 2.14. The van der Waals surface area contributed by atoms with E-state index in [-0.39, 0.29) is 0 Å². The highest BCUT2D eigenvalue weighted by atomic mass is 16.3. The van der Waals surface area contributed by atoms with Crippen LogP contribution in [0.2, 0.25) is 0 Å². The first-order valence-electron chi connectivity index (χ1n) is 12.4. The third kappa shape index (κ3) is 3.96.